The minimum Gasteiger partial charge on any atom is -0.454 e. The number of carbonyl (C=O) groups excluding carboxylic acids is 1. The number of benzene rings is 1. The van der Waals surface area contributed by atoms with Gasteiger partial charge in [-0.05, 0) is 61.4 Å². The van der Waals surface area contributed by atoms with Crippen LogP contribution in [0, 0.1) is 5.92 Å². The predicted octanol–water partition coefficient (Wildman–Crippen LogP) is 4.62. The number of hydrogen-bond acceptors (Lipinski definition) is 8. The zero-order valence-electron chi connectivity index (χ0n) is 17.3. The minimum absolute atomic E-state index is 0.101. The van der Waals surface area contributed by atoms with Crippen LogP contribution in [-0.2, 0) is 17.6 Å². The van der Waals surface area contributed by atoms with Gasteiger partial charge >= 0.3 is 0 Å². The van der Waals surface area contributed by atoms with Crippen LogP contribution in [0.3, 0.4) is 0 Å². The van der Waals surface area contributed by atoms with Crippen LogP contribution in [0.15, 0.2) is 33.9 Å². The second-order valence-corrected chi connectivity index (χ2v) is 10.0. The maximum atomic E-state index is 12.4. The van der Waals surface area contributed by atoms with E-state index in [2.05, 4.69) is 28.5 Å². The quantitative estimate of drug-likeness (QED) is 0.541. The largest absolute Gasteiger partial charge is 0.454 e. The Bertz CT molecular complexity index is 1110. The SMILES string of the molecule is C[C@H]1CCc2sc(-c3nnc(SCC(=O)N[C@@H](C)c4ccc5c(c4)OCO5)o3)cc2C1. The molecule has 2 aliphatic rings. The van der Waals surface area contributed by atoms with E-state index < -0.39 is 0 Å². The van der Waals surface area contributed by atoms with Crippen molar-refractivity contribution in [3.05, 3.63) is 40.3 Å². The molecule has 0 saturated carbocycles. The Balaban J connectivity index is 1.16. The average Bonchev–Trinajstić information content (AvgIpc) is 3.49. The molecule has 5 rings (SSSR count). The Hall–Kier alpha value is -2.52. The highest BCUT2D eigenvalue weighted by Gasteiger charge is 2.21. The molecule has 0 radical (unpaired) electrons. The van der Waals surface area contributed by atoms with Crippen molar-refractivity contribution in [1.29, 1.82) is 0 Å². The number of aryl methyl sites for hydroxylation is 1. The maximum absolute atomic E-state index is 12.4. The van der Waals surface area contributed by atoms with Crippen LogP contribution in [0.2, 0.25) is 0 Å². The number of aromatic nitrogens is 2. The van der Waals surface area contributed by atoms with Crippen molar-refractivity contribution < 1.29 is 18.7 Å². The highest BCUT2D eigenvalue weighted by atomic mass is 32.2. The monoisotopic (exact) mass is 457 g/mol. The van der Waals surface area contributed by atoms with Crippen LogP contribution >= 0.6 is 23.1 Å². The van der Waals surface area contributed by atoms with Gasteiger partial charge < -0.3 is 19.2 Å². The molecule has 162 valence electrons. The highest BCUT2D eigenvalue weighted by Crippen LogP contribution is 2.37. The molecule has 1 aliphatic carbocycles. The number of ether oxygens (including phenoxy) is 2. The predicted molar refractivity (Wildman–Crippen MR) is 119 cm³/mol. The van der Waals surface area contributed by atoms with Gasteiger partial charge in [0.15, 0.2) is 11.5 Å². The summed E-state index contributed by atoms with van der Waals surface area (Å²) in [6.07, 6.45) is 3.47. The number of nitrogens with zero attached hydrogens (tertiary/aromatic N) is 2. The second kappa shape index (κ2) is 8.55. The van der Waals surface area contributed by atoms with Gasteiger partial charge in [-0.15, -0.1) is 21.5 Å². The molecule has 3 aromatic rings. The van der Waals surface area contributed by atoms with Gasteiger partial charge in [0.2, 0.25) is 12.7 Å². The van der Waals surface area contributed by atoms with Crippen molar-refractivity contribution in [3.63, 3.8) is 0 Å². The van der Waals surface area contributed by atoms with Crippen LogP contribution < -0.4 is 14.8 Å². The van der Waals surface area contributed by atoms with Gasteiger partial charge in [-0.2, -0.15) is 0 Å². The van der Waals surface area contributed by atoms with Crippen LogP contribution in [0.5, 0.6) is 11.5 Å². The van der Waals surface area contributed by atoms with E-state index in [-0.39, 0.29) is 24.5 Å². The average molecular weight is 458 g/mol. The number of thioether (sulfide) groups is 1. The lowest BCUT2D eigenvalue weighted by Crippen LogP contribution is -2.28. The molecule has 0 unspecified atom stereocenters. The van der Waals surface area contributed by atoms with Crippen LogP contribution in [0.25, 0.3) is 10.8 Å². The van der Waals surface area contributed by atoms with E-state index in [1.807, 2.05) is 25.1 Å². The number of carbonyl (C=O) groups is 1. The number of hydrogen-bond donors (Lipinski definition) is 1. The Kier molecular flexibility index (Phi) is 5.62. The summed E-state index contributed by atoms with van der Waals surface area (Å²) in [6, 6.07) is 7.71. The summed E-state index contributed by atoms with van der Waals surface area (Å²) >= 11 is 2.98. The first-order valence-corrected chi connectivity index (χ1v) is 12.1. The fraction of sp³-hybridized carbons (Fsp3) is 0.409. The summed E-state index contributed by atoms with van der Waals surface area (Å²) in [7, 11) is 0. The lowest BCUT2D eigenvalue weighted by molar-refractivity contribution is -0.119. The standard InChI is InChI=1S/C22H23N3O4S2/c1-12-3-6-18-15(7-12)9-19(31-18)21-24-25-22(29-21)30-10-20(26)23-13(2)14-4-5-16-17(8-14)28-11-27-16/h4-5,8-9,12-13H,3,6-7,10-11H2,1-2H3,(H,23,26)/t12-,13-/m0/s1. The number of thiophene rings is 1. The molecule has 3 heterocycles. The van der Waals surface area contributed by atoms with Crippen molar-refractivity contribution in [2.45, 2.75) is 44.4 Å². The Labute approximate surface area is 188 Å². The number of fused-ring (bicyclic) bond motifs is 2. The van der Waals surface area contributed by atoms with Gasteiger partial charge in [-0.25, -0.2) is 0 Å². The molecule has 0 bridgehead atoms. The highest BCUT2D eigenvalue weighted by molar-refractivity contribution is 7.99. The van der Waals surface area contributed by atoms with E-state index in [9.17, 15) is 4.79 Å². The molecule has 31 heavy (non-hydrogen) atoms. The van der Waals surface area contributed by atoms with E-state index in [0.717, 1.165) is 34.9 Å². The molecule has 1 N–H and O–H groups in total. The summed E-state index contributed by atoms with van der Waals surface area (Å²) in [4.78, 5) is 14.8. The molecule has 0 saturated heterocycles. The zero-order chi connectivity index (χ0) is 21.4. The van der Waals surface area contributed by atoms with Crippen molar-refractivity contribution in [2.24, 2.45) is 5.92 Å². The molecule has 1 aromatic carbocycles. The molecule has 2 aromatic heterocycles. The topological polar surface area (TPSA) is 86.5 Å². The molecule has 1 aliphatic heterocycles. The van der Waals surface area contributed by atoms with E-state index in [4.69, 9.17) is 13.9 Å². The first kappa shape index (κ1) is 20.4. The Morgan fingerprint density at radius 3 is 3.06 bits per heavy atom. The lowest BCUT2D eigenvalue weighted by atomic mass is 9.90. The van der Waals surface area contributed by atoms with Gasteiger partial charge in [0.05, 0.1) is 16.7 Å². The summed E-state index contributed by atoms with van der Waals surface area (Å²) < 4.78 is 16.5. The van der Waals surface area contributed by atoms with E-state index in [1.54, 1.807) is 11.3 Å². The van der Waals surface area contributed by atoms with Crippen molar-refractivity contribution in [3.8, 4) is 22.3 Å². The zero-order valence-corrected chi connectivity index (χ0v) is 19.0. The summed E-state index contributed by atoms with van der Waals surface area (Å²) in [6.45, 7) is 4.46. The normalized spacial score (nSPS) is 17.9. The van der Waals surface area contributed by atoms with Crippen molar-refractivity contribution >= 4 is 29.0 Å². The van der Waals surface area contributed by atoms with Gasteiger partial charge in [0, 0.05) is 4.88 Å². The second-order valence-electron chi connectivity index (χ2n) is 7.97. The first-order chi connectivity index (χ1) is 15.0. The summed E-state index contributed by atoms with van der Waals surface area (Å²) in [5, 5.41) is 11.7. The number of rotatable bonds is 6. The van der Waals surface area contributed by atoms with Gasteiger partial charge in [-0.3, -0.25) is 4.79 Å². The maximum Gasteiger partial charge on any atom is 0.277 e. The van der Waals surface area contributed by atoms with Crippen molar-refractivity contribution in [2.75, 3.05) is 12.5 Å². The van der Waals surface area contributed by atoms with Gasteiger partial charge in [-0.1, -0.05) is 24.8 Å². The summed E-state index contributed by atoms with van der Waals surface area (Å²) in [5.74, 6) is 2.79. The van der Waals surface area contributed by atoms with Gasteiger partial charge in [0.25, 0.3) is 11.1 Å². The Morgan fingerprint density at radius 2 is 2.16 bits per heavy atom. The molecular formula is C22H23N3O4S2. The molecule has 2 atom stereocenters. The van der Waals surface area contributed by atoms with Crippen LogP contribution in [0.4, 0.5) is 0 Å². The Morgan fingerprint density at radius 1 is 1.29 bits per heavy atom. The summed E-state index contributed by atoms with van der Waals surface area (Å²) in [5.41, 5.74) is 2.36. The fourth-order valence-electron chi connectivity index (χ4n) is 3.86. The molecule has 9 heteroatoms. The van der Waals surface area contributed by atoms with Gasteiger partial charge in [0.1, 0.15) is 0 Å². The van der Waals surface area contributed by atoms with Crippen LogP contribution in [0.1, 0.15) is 42.3 Å². The van der Waals surface area contributed by atoms with E-state index >= 15 is 0 Å². The first-order valence-electron chi connectivity index (χ1n) is 10.3. The third-order valence-electron chi connectivity index (χ3n) is 5.55. The minimum atomic E-state index is -0.152. The smallest absolute Gasteiger partial charge is 0.277 e. The third kappa shape index (κ3) is 4.43. The molecule has 0 spiro atoms. The number of nitrogens with one attached hydrogen (secondary N) is 1. The molecule has 7 nitrogen and oxygen atoms in total. The molecule has 0 fully saturated rings. The number of amides is 1. The van der Waals surface area contributed by atoms with E-state index in [1.165, 1.54) is 28.6 Å². The third-order valence-corrected chi connectivity index (χ3v) is 7.59. The fourth-order valence-corrected chi connectivity index (χ4v) is 5.56. The lowest BCUT2D eigenvalue weighted by Gasteiger charge is -2.16. The van der Waals surface area contributed by atoms with Crippen LogP contribution in [-0.4, -0.2) is 28.7 Å². The molecule has 1 amide bonds. The van der Waals surface area contributed by atoms with E-state index in [0.29, 0.717) is 16.9 Å². The molecular weight excluding hydrogens is 434 g/mol. The van der Waals surface area contributed by atoms with Crippen molar-refractivity contribution in [1.82, 2.24) is 15.5 Å².